The summed E-state index contributed by atoms with van der Waals surface area (Å²) in [5, 5.41) is 10.0. The topological polar surface area (TPSA) is 25.2 Å². The van der Waals surface area contributed by atoms with E-state index in [1.807, 2.05) is 53.3 Å². The lowest BCUT2D eigenvalue weighted by atomic mass is 9.98. The molecular weight excluding hydrogens is 721 g/mol. The van der Waals surface area contributed by atoms with E-state index in [2.05, 4.69) is 144 Å². The van der Waals surface area contributed by atoms with Gasteiger partial charge < -0.3 is 0 Å². The Labute approximate surface area is 321 Å². The molecule has 0 aliphatic heterocycles. The lowest BCUT2D eigenvalue weighted by molar-refractivity contribution is 1.37. The molecule has 0 amide bonds. The number of allylic oxidation sites excluding steroid dienone is 1. The largest absolute Gasteiger partial charge is 0.263 e. The Bertz CT molecular complexity index is 3330. The van der Waals surface area contributed by atoms with Crippen LogP contribution < -0.4 is 0 Å². The van der Waals surface area contributed by atoms with Gasteiger partial charge in [0.25, 0.3) is 0 Å². The number of nitrogens with zero attached hydrogens (tertiary/aromatic N) is 2. The maximum atomic E-state index is 4.34. The summed E-state index contributed by atoms with van der Waals surface area (Å²) >= 11 is 7.24. The molecule has 5 aromatic heterocycles. The first-order valence-corrected chi connectivity index (χ1v) is 20.7. The quantitative estimate of drug-likeness (QED) is 0.161. The highest BCUT2D eigenvalue weighted by atomic mass is 32.1. The number of rotatable bonds is 5. The van der Waals surface area contributed by atoms with E-state index in [4.69, 9.17) is 0 Å². The summed E-state index contributed by atoms with van der Waals surface area (Å²) in [6, 6.07) is 43.6. The summed E-state index contributed by atoms with van der Waals surface area (Å²) in [5.74, 6) is 0. The van der Waals surface area contributed by atoms with Crippen molar-refractivity contribution < 1.29 is 0 Å². The third-order valence-electron chi connectivity index (χ3n) is 10.4. The molecule has 11 rings (SSSR count). The molecule has 0 fully saturated rings. The van der Waals surface area contributed by atoms with Crippen LogP contribution in [0.3, 0.4) is 0 Å². The van der Waals surface area contributed by atoms with Gasteiger partial charge in [-0.05, 0) is 126 Å². The van der Waals surface area contributed by atoms with Crippen LogP contribution in [0.1, 0.15) is 12.5 Å². The number of aromatic nitrogens is 1. The fraction of sp³-hybridized carbons (Fsp3) is 0.0213. The number of benzene rings is 6. The van der Waals surface area contributed by atoms with E-state index in [0.29, 0.717) is 0 Å². The first kappa shape index (κ1) is 31.1. The summed E-state index contributed by atoms with van der Waals surface area (Å²) in [6.45, 7) is 5.87. The van der Waals surface area contributed by atoms with Crippen molar-refractivity contribution in [2.75, 3.05) is 0 Å². The van der Waals surface area contributed by atoms with Crippen LogP contribution in [0.5, 0.6) is 0 Å². The van der Waals surface area contributed by atoms with Crippen molar-refractivity contribution >= 4 is 134 Å². The van der Waals surface area contributed by atoms with E-state index in [-0.39, 0.29) is 0 Å². The predicted octanol–water partition coefficient (Wildman–Crippen LogP) is 15.8. The van der Waals surface area contributed by atoms with E-state index in [1.54, 1.807) is 11.3 Å². The lowest BCUT2D eigenvalue weighted by Gasteiger charge is -2.06. The molecule has 0 saturated heterocycles. The first-order valence-electron chi connectivity index (χ1n) is 17.5. The Morgan fingerprint density at radius 1 is 0.453 bits per heavy atom. The fourth-order valence-corrected chi connectivity index (χ4v) is 12.0. The van der Waals surface area contributed by atoms with E-state index in [0.717, 1.165) is 10.6 Å². The van der Waals surface area contributed by atoms with Crippen molar-refractivity contribution in [3.8, 4) is 33.4 Å². The molecule has 0 spiro atoms. The second kappa shape index (κ2) is 12.0. The monoisotopic (exact) mass is 748 g/mol. The molecule has 0 aliphatic rings. The summed E-state index contributed by atoms with van der Waals surface area (Å²) < 4.78 is 9.01. The van der Waals surface area contributed by atoms with Crippen LogP contribution in [0.4, 0.5) is 5.00 Å². The van der Waals surface area contributed by atoms with Crippen molar-refractivity contribution in [1.29, 1.82) is 0 Å². The van der Waals surface area contributed by atoms with Crippen molar-refractivity contribution in [3.05, 3.63) is 139 Å². The summed E-state index contributed by atoms with van der Waals surface area (Å²) in [7, 11) is 0. The van der Waals surface area contributed by atoms with Gasteiger partial charge in [-0.25, -0.2) is 0 Å². The molecule has 11 aromatic rings. The van der Waals surface area contributed by atoms with Crippen LogP contribution >= 0.6 is 45.3 Å². The zero-order chi connectivity index (χ0) is 35.2. The van der Waals surface area contributed by atoms with Gasteiger partial charge >= 0.3 is 0 Å². The Hall–Kier alpha value is -5.50. The Kier molecular flexibility index (Phi) is 7.04. The fourth-order valence-electron chi connectivity index (χ4n) is 7.81. The third kappa shape index (κ3) is 4.94. The first-order chi connectivity index (χ1) is 26.1. The van der Waals surface area contributed by atoms with Gasteiger partial charge in [-0.3, -0.25) is 9.98 Å². The number of aliphatic imine (C=N–C) groups is 1. The highest BCUT2D eigenvalue weighted by molar-refractivity contribution is 7.26. The van der Waals surface area contributed by atoms with Crippen LogP contribution in [0.25, 0.3) is 110 Å². The van der Waals surface area contributed by atoms with Gasteiger partial charge in [0.05, 0.1) is 4.70 Å². The SMILES string of the molecule is C=Nc1sc2ccc(-c3ccc4sc5ccc(-c6ccc7sc8ccc(-c9ccc%10sc%11cnccc%11c%10c9)cc8c7c6)cc5c4c3)cc2c1/C=C\C. The summed E-state index contributed by atoms with van der Waals surface area (Å²) in [4.78, 5) is 8.65. The van der Waals surface area contributed by atoms with Gasteiger partial charge in [0.2, 0.25) is 0 Å². The van der Waals surface area contributed by atoms with Crippen molar-refractivity contribution in [2.24, 2.45) is 4.99 Å². The van der Waals surface area contributed by atoms with Crippen molar-refractivity contribution in [3.63, 3.8) is 0 Å². The zero-order valence-electron chi connectivity index (χ0n) is 28.5. The lowest BCUT2D eigenvalue weighted by Crippen LogP contribution is -1.80. The standard InChI is InChI=1S/C47H28N2S4/c1-3-4-33-35-20-27(10-16-45(35)53-47(33)48-2)29-7-13-42-37(22-29)39-24-31(9-15-44(39)51-42)30-8-14-43-38(23-30)36-21-28(6-12-41(36)50-43)26-5-11-40-34(19-26)32-17-18-49-25-46(32)52-40/h3-25H,2H2,1H3/b4-3-. The van der Waals surface area contributed by atoms with Gasteiger partial charge in [0, 0.05) is 83.9 Å². The smallest absolute Gasteiger partial charge is 0.123 e. The molecule has 0 unspecified atom stereocenters. The van der Waals surface area contributed by atoms with Crippen LogP contribution in [0.2, 0.25) is 0 Å². The van der Waals surface area contributed by atoms with E-state index >= 15 is 0 Å². The van der Waals surface area contributed by atoms with Crippen LogP contribution in [-0.4, -0.2) is 11.7 Å². The van der Waals surface area contributed by atoms with Gasteiger partial charge in [-0.15, -0.1) is 45.3 Å². The third-order valence-corrected chi connectivity index (χ3v) is 14.9. The molecule has 0 bridgehead atoms. The van der Waals surface area contributed by atoms with Crippen LogP contribution in [-0.2, 0) is 0 Å². The minimum Gasteiger partial charge on any atom is -0.263 e. The molecule has 6 aromatic carbocycles. The van der Waals surface area contributed by atoms with E-state index in [9.17, 15) is 0 Å². The maximum Gasteiger partial charge on any atom is 0.123 e. The average Bonchev–Trinajstić information content (AvgIpc) is 3.96. The Morgan fingerprint density at radius 2 is 0.830 bits per heavy atom. The Morgan fingerprint density at radius 3 is 1.25 bits per heavy atom. The number of thiophene rings is 4. The van der Waals surface area contributed by atoms with Crippen molar-refractivity contribution in [2.45, 2.75) is 6.92 Å². The normalized spacial score (nSPS) is 12.2. The molecule has 0 radical (unpaired) electrons. The molecule has 53 heavy (non-hydrogen) atoms. The number of hydrogen-bond acceptors (Lipinski definition) is 6. The zero-order valence-corrected chi connectivity index (χ0v) is 31.8. The van der Waals surface area contributed by atoms with Crippen molar-refractivity contribution in [1.82, 2.24) is 4.98 Å². The summed E-state index contributed by atoms with van der Waals surface area (Å²) in [6.07, 6.45) is 8.08. The summed E-state index contributed by atoms with van der Waals surface area (Å²) in [5.41, 5.74) is 8.55. The predicted molar refractivity (Wildman–Crippen MR) is 239 cm³/mol. The second-order valence-corrected chi connectivity index (χ2v) is 17.7. The Balaban J connectivity index is 1.00. The molecule has 0 saturated carbocycles. The molecule has 5 heterocycles. The molecule has 2 nitrogen and oxygen atoms in total. The molecular formula is C47H28N2S4. The highest BCUT2D eigenvalue weighted by Crippen LogP contribution is 2.44. The molecule has 0 N–H and O–H groups in total. The number of fused-ring (bicyclic) bond motifs is 10. The van der Waals surface area contributed by atoms with Gasteiger partial charge in [0.15, 0.2) is 0 Å². The molecule has 250 valence electrons. The molecule has 0 aliphatic carbocycles. The number of hydrogen-bond donors (Lipinski definition) is 0. The van der Waals surface area contributed by atoms with Gasteiger partial charge in [0.1, 0.15) is 5.00 Å². The van der Waals surface area contributed by atoms with E-state index < -0.39 is 0 Å². The molecule has 0 atom stereocenters. The van der Waals surface area contributed by atoms with Gasteiger partial charge in [-0.2, -0.15) is 0 Å². The van der Waals surface area contributed by atoms with E-state index in [1.165, 1.54) is 104 Å². The van der Waals surface area contributed by atoms with Crippen LogP contribution in [0.15, 0.2) is 139 Å². The maximum absolute atomic E-state index is 4.34. The molecule has 6 heteroatoms. The minimum absolute atomic E-state index is 0.971. The highest BCUT2D eigenvalue weighted by Gasteiger charge is 2.15. The van der Waals surface area contributed by atoms with Gasteiger partial charge in [-0.1, -0.05) is 48.6 Å². The average molecular weight is 749 g/mol. The van der Waals surface area contributed by atoms with Crippen LogP contribution in [0, 0.1) is 0 Å². The number of pyridine rings is 1. The minimum atomic E-state index is 0.971. The second-order valence-electron chi connectivity index (χ2n) is 13.4.